The first-order valence-electron chi connectivity index (χ1n) is 9.30. The fourth-order valence-electron chi connectivity index (χ4n) is 2.95. The third-order valence-corrected chi connectivity index (χ3v) is 5.29. The first kappa shape index (κ1) is 21.4. The van der Waals surface area contributed by atoms with Crippen molar-refractivity contribution in [1.29, 1.82) is 0 Å². The number of hydrogen-bond acceptors (Lipinski definition) is 11. The van der Waals surface area contributed by atoms with E-state index in [-0.39, 0.29) is 0 Å². The van der Waals surface area contributed by atoms with E-state index in [2.05, 4.69) is 30.1 Å². The van der Waals surface area contributed by atoms with Crippen LogP contribution in [-0.4, -0.2) is 86.2 Å². The summed E-state index contributed by atoms with van der Waals surface area (Å²) >= 11 is 1.22. The van der Waals surface area contributed by atoms with Crippen molar-refractivity contribution >= 4 is 34.1 Å². The number of anilines is 3. The molecule has 2 aromatic rings. The Hall–Kier alpha value is -2.34. The van der Waals surface area contributed by atoms with Crippen LogP contribution in [0.4, 0.5) is 16.8 Å². The van der Waals surface area contributed by atoms with Gasteiger partial charge in [-0.25, -0.2) is 19.7 Å². The van der Waals surface area contributed by atoms with Gasteiger partial charge in [-0.2, -0.15) is 0 Å². The molecule has 3 rings (SSSR count). The van der Waals surface area contributed by atoms with Crippen LogP contribution in [0.25, 0.3) is 0 Å². The van der Waals surface area contributed by atoms with Crippen LogP contribution in [0.3, 0.4) is 0 Å². The summed E-state index contributed by atoms with van der Waals surface area (Å²) in [6, 6.07) is 1.91. The van der Waals surface area contributed by atoms with Crippen LogP contribution >= 0.6 is 11.3 Å². The van der Waals surface area contributed by atoms with Gasteiger partial charge in [-0.15, -0.1) is 0 Å². The Morgan fingerprint density at radius 1 is 1.24 bits per heavy atom. The van der Waals surface area contributed by atoms with Gasteiger partial charge in [0.2, 0.25) is 0 Å². The predicted molar refractivity (Wildman–Crippen MR) is 110 cm³/mol. The molecule has 29 heavy (non-hydrogen) atoms. The van der Waals surface area contributed by atoms with Crippen LogP contribution in [0.5, 0.6) is 0 Å². The first-order chi connectivity index (χ1) is 14.1. The van der Waals surface area contributed by atoms with Gasteiger partial charge in [0.25, 0.3) is 0 Å². The van der Waals surface area contributed by atoms with Crippen molar-refractivity contribution in [3.8, 4) is 0 Å². The molecular formula is C18H26N6O4S. The number of nitrogens with one attached hydrogen (secondary N) is 1. The summed E-state index contributed by atoms with van der Waals surface area (Å²) in [5.41, 5.74) is 0. The Morgan fingerprint density at radius 3 is 2.76 bits per heavy atom. The number of piperazine rings is 1. The van der Waals surface area contributed by atoms with Crippen molar-refractivity contribution in [2.45, 2.75) is 6.92 Å². The number of rotatable bonds is 9. The Morgan fingerprint density at radius 2 is 2.03 bits per heavy atom. The maximum absolute atomic E-state index is 11.6. The lowest BCUT2D eigenvalue weighted by Crippen LogP contribution is -2.47. The van der Waals surface area contributed by atoms with E-state index in [9.17, 15) is 4.79 Å². The summed E-state index contributed by atoms with van der Waals surface area (Å²) in [5.74, 6) is 1.79. The summed E-state index contributed by atoms with van der Waals surface area (Å²) in [5, 5.41) is 3.73. The smallest absolute Gasteiger partial charge is 0.349 e. The second kappa shape index (κ2) is 10.4. The van der Waals surface area contributed by atoms with Crippen LogP contribution in [0.2, 0.25) is 0 Å². The number of aromatic nitrogens is 3. The third-order valence-electron chi connectivity index (χ3n) is 4.40. The van der Waals surface area contributed by atoms with Gasteiger partial charge < -0.3 is 24.4 Å². The van der Waals surface area contributed by atoms with Gasteiger partial charge in [-0.05, 0) is 6.92 Å². The zero-order valence-corrected chi connectivity index (χ0v) is 17.7. The van der Waals surface area contributed by atoms with E-state index in [1.165, 1.54) is 24.6 Å². The first-order valence-corrected chi connectivity index (χ1v) is 10.1. The van der Waals surface area contributed by atoms with Gasteiger partial charge in [-0.3, -0.25) is 4.90 Å². The molecule has 0 aromatic carbocycles. The molecular weight excluding hydrogens is 396 g/mol. The van der Waals surface area contributed by atoms with Crippen LogP contribution in [0, 0.1) is 6.92 Å². The standard InChI is InChI=1S/C18H26N6O4S/c1-13-20-15(22-18-19-11-14(29-18)17(25)27-3)10-16(21-13)24-6-4-23(5-7-24)8-9-28-12-26-2/h10-11H,4-9,12H2,1-3H3,(H,19,20,21,22). The monoisotopic (exact) mass is 422 g/mol. The molecule has 1 aliphatic rings. The Bertz CT molecular complexity index is 809. The molecule has 0 spiro atoms. The fraction of sp³-hybridized carbons (Fsp3) is 0.556. The zero-order chi connectivity index (χ0) is 20.6. The van der Waals surface area contributed by atoms with E-state index in [4.69, 9.17) is 14.2 Å². The van der Waals surface area contributed by atoms with Crippen molar-refractivity contribution in [2.75, 3.05) is 70.6 Å². The molecule has 3 heterocycles. The Kier molecular flexibility index (Phi) is 7.69. The number of hydrogen-bond donors (Lipinski definition) is 1. The summed E-state index contributed by atoms with van der Waals surface area (Å²) < 4.78 is 15.0. The van der Waals surface area contributed by atoms with Crippen LogP contribution in [0.1, 0.15) is 15.5 Å². The van der Waals surface area contributed by atoms with Crippen molar-refractivity contribution < 1.29 is 19.0 Å². The number of nitrogens with zero attached hydrogens (tertiary/aromatic N) is 5. The van der Waals surface area contributed by atoms with Gasteiger partial charge in [0.05, 0.1) is 19.9 Å². The molecule has 0 bridgehead atoms. The lowest BCUT2D eigenvalue weighted by Gasteiger charge is -2.35. The predicted octanol–water partition coefficient (Wildman–Crippen LogP) is 1.51. The quantitative estimate of drug-likeness (QED) is 0.363. The minimum absolute atomic E-state index is 0.330. The highest BCUT2D eigenvalue weighted by Gasteiger charge is 2.19. The number of carbonyl (C=O) groups excluding carboxylic acids is 1. The maximum atomic E-state index is 11.6. The number of aryl methyl sites for hydroxylation is 1. The Balaban J connectivity index is 1.58. The van der Waals surface area contributed by atoms with Crippen molar-refractivity contribution in [3.05, 3.63) is 23.0 Å². The van der Waals surface area contributed by atoms with Crippen molar-refractivity contribution in [2.24, 2.45) is 0 Å². The van der Waals surface area contributed by atoms with Crippen LogP contribution in [-0.2, 0) is 14.2 Å². The fourth-order valence-corrected chi connectivity index (χ4v) is 3.69. The largest absolute Gasteiger partial charge is 0.465 e. The molecule has 11 heteroatoms. The molecule has 0 radical (unpaired) electrons. The molecule has 0 amide bonds. The topological polar surface area (TPSA) is 102 Å². The van der Waals surface area contributed by atoms with E-state index < -0.39 is 5.97 Å². The third kappa shape index (κ3) is 6.07. The average molecular weight is 423 g/mol. The minimum Gasteiger partial charge on any atom is -0.465 e. The van der Waals surface area contributed by atoms with E-state index >= 15 is 0 Å². The summed E-state index contributed by atoms with van der Waals surface area (Å²) in [4.78, 5) is 29.9. The highest BCUT2D eigenvalue weighted by atomic mass is 32.1. The molecule has 0 aliphatic carbocycles. The lowest BCUT2D eigenvalue weighted by molar-refractivity contribution is -0.0367. The molecule has 0 unspecified atom stereocenters. The molecule has 2 aromatic heterocycles. The number of ether oxygens (including phenoxy) is 3. The number of carbonyl (C=O) groups is 1. The maximum Gasteiger partial charge on any atom is 0.349 e. The SMILES string of the molecule is COCOCCN1CCN(c2cc(Nc3ncc(C(=O)OC)s3)nc(C)n2)CC1. The number of thiazole rings is 1. The van der Waals surface area contributed by atoms with Gasteiger partial charge >= 0.3 is 5.97 Å². The van der Waals surface area contributed by atoms with Crippen LogP contribution < -0.4 is 10.2 Å². The normalized spacial score (nSPS) is 14.8. The second-order valence-corrected chi connectivity index (χ2v) is 7.48. The summed E-state index contributed by atoms with van der Waals surface area (Å²) in [6.07, 6.45) is 1.49. The van der Waals surface area contributed by atoms with Gasteiger partial charge in [0.1, 0.15) is 29.1 Å². The van der Waals surface area contributed by atoms with E-state index in [1.807, 2.05) is 13.0 Å². The molecule has 1 saturated heterocycles. The second-order valence-electron chi connectivity index (χ2n) is 6.45. The number of esters is 1. The van der Waals surface area contributed by atoms with Gasteiger partial charge in [-0.1, -0.05) is 11.3 Å². The lowest BCUT2D eigenvalue weighted by atomic mass is 10.3. The van der Waals surface area contributed by atoms with E-state index in [0.717, 1.165) is 38.5 Å². The highest BCUT2D eigenvalue weighted by Crippen LogP contribution is 2.24. The van der Waals surface area contributed by atoms with Crippen molar-refractivity contribution in [1.82, 2.24) is 19.9 Å². The minimum atomic E-state index is -0.402. The van der Waals surface area contributed by atoms with E-state index in [1.54, 1.807) is 7.11 Å². The van der Waals surface area contributed by atoms with Gasteiger partial charge in [0, 0.05) is 45.9 Å². The Labute approximate surface area is 173 Å². The summed E-state index contributed by atoms with van der Waals surface area (Å²) in [6.45, 7) is 7.38. The van der Waals surface area contributed by atoms with Crippen LogP contribution in [0.15, 0.2) is 12.3 Å². The highest BCUT2D eigenvalue weighted by molar-refractivity contribution is 7.17. The molecule has 0 saturated carbocycles. The molecule has 0 atom stereocenters. The average Bonchev–Trinajstić information content (AvgIpc) is 3.19. The summed E-state index contributed by atoms with van der Waals surface area (Å²) in [7, 11) is 2.97. The molecule has 1 N–H and O–H groups in total. The molecule has 1 fully saturated rings. The molecule has 1 aliphatic heterocycles. The van der Waals surface area contributed by atoms with Crippen molar-refractivity contribution in [3.63, 3.8) is 0 Å². The van der Waals surface area contributed by atoms with Gasteiger partial charge in [0.15, 0.2) is 5.13 Å². The number of methoxy groups -OCH3 is 2. The van der Waals surface area contributed by atoms with E-state index in [0.29, 0.717) is 35.1 Å². The zero-order valence-electron chi connectivity index (χ0n) is 16.9. The molecule has 158 valence electrons. The molecule has 10 nitrogen and oxygen atoms in total.